The number of likely N-dealkylation sites (N-methyl/N-ethyl adjacent to an activating group) is 1. The van der Waals surface area contributed by atoms with Gasteiger partial charge in [0.25, 0.3) is 0 Å². The third-order valence-electron chi connectivity index (χ3n) is 20.9. The molecule has 11 bridgehead atoms. The Morgan fingerprint density at radius 2 is 1.30 bits per heavy atom. The van der Waals surface area contributed by atoms with Gasteiger partial charge in [-0.3, -0.25) is 38.4 Å². The molecular formula is C76H92Cl2N8O29. The molecule has 0 aliphatic carbocycles. The Kier molecular flexibility index (Phi) is 27.3. The number of nitrogens with one attached hydrogen (secondary N) is 6. The normalized spacial score (nSPS) is 31.5. The van der Waals surface area contributed by atoms with Crippen LogP contribution in [0.15, 0.2) is 78.9 Å². The number of nitrogens with two attached hydrogens (primary N) is 2. The van der Waals surface area contributed by atoms with Crippen molar-refractivity contribution in [1.82, 2.24) is 31.9 Å². The Balaban J connectivity index is 1.11. The maximum Gasteiger partial charge on any atom is 0.247 e. The summed E-state index contributed by atoms with van der Waals surface area (Å²) < 4.78 is 49.6. The van der Waals surface area contributed by atoms with Crippen LogP contribution < -0.4 is 57.6 Å². The van der Waals surface area contributed by atoms with E-state index in [2.05, 4.69) is 31.9 Å². The van der Waals surface area contributed by atoms with Crippen molar-refractivity contribution in [3.63, 3.8) is 0 Å². The first kappa shape index (κ1) is 86.8. The van der Waals surface area contributed by atoms with Crippen molar-refractivity contribution in [3.05, 3.63) is 117 Å². The lowest BCUT2D eigenvalue weighted by Crippen LogP contribution is -2.64. The van der Waals surface area contributed by atoms with E-state index in [9.17, 15) is 80.8 Å². The van der Waals surface area contributed by atoms with Gasteiger partial charge >= 0.3 is 0 Å². The first-order valence-electron chi connectivity index (χ1n) is 36.8. The number of carbonyl (C=O) groups excluding carboxylic acids is 8. The van der Waals surface area contributed by atoms with Gasteiger partial charge in [-0.05, 0) is 116 Å². The van der Waals surface area contributed by atoms with Crippen LogP contribution in [-0.4, -0.2) is 250 Å². The van der Waals surface area contributed by atoms with Gasteiger partial charge in [-0.15, -0.1) is 0 Å². The Morgan fingerprint density at radius 3 is 1.90 bits per heavy atom. The highest BCUT2D eigenvalue weighted by molar-refractivity contribution is 6.32. The fraction of sp³-hybridized carbons (Fsp3) is 0.500. The van der Waals surface area contributed by atoms with Crippen LogP contribution in [0.4, 0.5) is 0 Å². The molecule has 0 saturated carbocycles. The average Bonchev–Trinajstić information content (AvgIpc) is 0.766. The van der Waals surface area contributed by atoms with E-state index in [1.807, 2.05) is 13.8 Å². The first-order chi connectivity index (χ1) is 54.4. The number of rotatable bonds is 18. The number of amides is 6. The number of carbonyl (C=O) groups is 8. The molecule has 23 N–H and O–H groups in total. The molecule has 0 radical (unpaired) electrons. The number of primary amides is 1. The minimum absolute atomic E-state index is 0.0973. The predicted molar refractivity (Wildman–Crippen MR) is 397 cm³/mol. The molecular weight excluding hydrogens is 1560 g/mol. The summed E-state index contributed by atoms with van der Waals surface area (Å²) in [4.78, 5) is 121. The number of hydrogen-bond donors (Lipinski definition) is 21. The molecule has 624 valence electrons. The van der Waals surface area contributed by atoms with Crippen LogP contribution in [0.5, 0.6) is 46.0 Å². The zero-order valence-electron chi connectivity index (χ0n) is 62.4. The van der Waals surface area contributed by atoms with Crippen LogP contribution in [0.1, 0.15) is 118 Å². The maximum absolute atomic E-state index is 16.4. The molecule has 8 aliphatic rings. The fourth-order valence-electron chi connectivity index (χ4n) is 14.7. The van der Waals surface area contributed by atoms with E-state index in [1.165, 1.54) is 33.0 Å². The Bertz CT molecular complexity index is 4480. The number of halogens is 2. The van der Waals surface area contributed by atoms with E-state index in [-0.39, 0.29) is 46.2 Å². The Morgan fingerprint density at radius 1 is 0.678 bits per heavy atom. The smallest absolute Gasteiger partial charge is 0.247 e. The number of aromatic hydroxyl groups is 3. The van der Waals surface area contributed by atoms with Gasteiger partial charge in [0.15, 0.2) is 41.7 Å². The van der Waals surface area contributed by atoms with Gasteiger partial charge in [-0.25, -0.2) is 0 Å². The summed E-state index contributed by atoms with van der Waals surface area (Å²) in [7, 11) is 1.48. The molecule has 5 aromatic rings. The topological polar surface area (TPSA) is 598 Å². The van der Waals surface area contributed by atoms with Gasteiger partial charge in [-0.1, -0.05) is 55.2 Å². The van der Waals surface area contributed by atoms with E-state index in [1.54, 1.807) is 0 Å². The highest BCUT2D eigenvalue weighted by Gasteiger charge is 2.52. The number of aliphatic hydroxyl groups is 10. The number of benzene rings is 5. The van der Waals surface area contributed by atoms with Crippen molar-refractivity contribution in [2.75, 3.05) is 33.4 Å². The highest BCUT2D eigenvalue weighted by atomic mass is 35.5. The van der Waals surface area contributed by atoms with Gasteiger partial charge in [0.1, 0.15) is 108 Å². The molecule has 37 nitrogen and oxygen atoms in total. The lowest BCUT2D eigenvalue weighted by atomic mass is 9.84. The molecule has 23 atom stereocenters. The Hall–Kier alpha value is -9.04. The summed E-state index contributed by atoms with van der Waals surface area (Å²) in [5.74, 6) is -18.4. The molecule has 115 heavy (non-hydrogen) atoms. The fourth-order valence-corrected chi connectivity index (χ4v) is 15.1. The van der Waals surface area contributed by atoms with E-state index < -0.39 is 300 Å². The van der Waals surface area contributed by atoms with Crippen molar-refractivity contribution in [3.8, 4) is 57.1 Å². The largest absolute Gasteiger partial charge is 0.508 e. The third-order valence-corrected chi connectivity index (χ3v) is 21.5. The molecule has 5 aromatic carbocycles. The second-order valence-corrected chi connectivity index (χ2v) is 30.6. The number of ketones is 2. The molecule has 13 rings (SSSR count). The standard InChI is InChI=1S/C76H92Cl2N8O29/c1-28(2)14-41(81-5)71(105)85-57-44(92)18-34(21-52(79)94)69(103)83-55-33-19-48(110-46-10-7-31(59(57)95)16-39(46)77)66(115-75-67(64(100)62(98)51(27-88)113-75)114-53-25-76(4,80)68(102)29(3)109-53)49(20-33)111-47-11-8-32(17-40(47)78)60(96)58-73(107)84-56(72(106)82-12-13-108-74-65(101)63(99)61(97)50(26-87)112-74)38-22-35(89)23-43(91)54(38)37-15-30(6-9-42(37)90)36(24-45(55)93)70(104)86-58/h6-11,15-17,19-20,22-23,28-29,34,36,41,50-51,53,55-65,67-68,74-75,81,87-91,95-102H,12-14,18,21,24-27,80H2,1-5H3,(H2,79,94)(H,82,106)(H,83,103)(H,84,107)(H,85,105)(H,86,104)/t29?,34-,36+,41+,50?,51?,53-,55+,56-,57-,58-,59+,60+,61?,62-,63?,64?,65?,67?,68+,74?,75+,76+/m0/s1. The molecule has 8 aliphatic heterocycles. The summed E-state index contributed by atoms with van der Waals surface area (Å²) in [6, 6.07) is 4.47. The number of phenols is 3. The lowest BCUT2D eigenvalue weighted by Gasteiger charge is -2.47. The van der Waals surface area contributed by atoms with Gasteiger partial charge in [0.05, 0.1) is 60.0 Å². The number of phenolic OH excluding ortho intramolecular Hbond substituents is 3. The summed E-state index contributed by atoms with van der Waals surface area (Å²) in [6.07, 6.45) is -29.3. The predicted octanol–water partition coefficient (Wildman–Crippen LogP) is -1.07. The minimum Gasteiger partial charge on any atom is -0.508 e. The number of ether oxygens (including phenoxy) is 8. The average molecular weight is 1650 g/mol. The van der Waals surface area contributed by atoms with Crippen molar-refractivity contribution >= 4 is 70.2 Å². The summed E-state index contributed by atoms with van der Waals surface area (Å²) in [5.41, 5.74) is 8.44. The monoisotopic (exact) mass is 1650 g/mol. The second-order valence-electron chi connectivity index (χ2n) is 29.8. The quantitative estimate of drug-likeness (QED) is 0.0465. The van der Waals surface area contributed by atoms with Crippen LogP contribution in [0, 0.1) is 11.8 Å². The third kappa shape index (κ3) is 19.0. The van der Waals surface area contributed by atoms with Gasteiger partial charge in [-0.2, -0.15) is 0 Å². The Labute approximate surface area is 666 Å². The molecule has 39 heteroatoms. The zero-order chi connectivity index (χ0) is 83.7. The molecule has 0 spiro atoms. The molecule has 9 unspecified atom stereocenters. The van der Waals surface area contributed by atoms with Gasteiger partial charge in [0, 0.05) is 55.0 Å². The van der Waals surface area contributed by atoms with Crippen LogP contribution in [0.25, 0.3) is 11.1 Å². The van der Waals surface area contributed by atoms with E-state index in [0.29, 0.717) is 0 Å². The number of Topliss-reactive ketones (excluding diaryl/α,β-unsaturated/α-hetero) is 2. The van der Waals surface area contributed by atoms with E-state index in [0.717, 1.165) is 66.7 Å². The van der Waals surface area contributed by atoms with E-state index >= 15 is 24.0 Å². The van der Waals surface area contributed by atoms with E-state index in [4.69, 9.17) is 72.6 Å². The van der Waals surface area contributed by atoms with Crippen molar-refractivity contribution in [1.29, 1.82) is 0 Å². The summed E-state index contributed by atoms with van der Waals surface area (Å²) >= 11 is 14.3. The van der Waals surface area contributed by atoms with Gasteiger partial charge in [0.2, 0.25) is 47.5 Å². The highest BCUT2D eigenvalue weighted by Crippen LogP contribution is 2.51. The number of fused-ring (bicyclic) bond motifs is 15. The first-order valence-corrected chi connectivity index (χ1v) is 37.5. The number of aliphatic hydroxyl groups excluding tert-OH is 10. The van der Waals surface area contributed by atoms with Crippen LogP contribution >= 0.6 is 23.2 Å². The van der Waals surface area contributed by atoms with Crippen molar-refractivity contribution < 1.29 is 143 Å². The molecule has 8 heterocycles. The van der Waals surface area contributed by atoms with Crippen molar-refractivity contribution in [2.45, 2.75) is 194 Å². The molecule has 0 aromatic heterocycles. The molecule has 3 saturated heterocycles. The van der Waals surface area contributed by atoms with Crippen LogP contribution in [0.2, 0.25) is 10.0 Å². The summed E-state index contributed by atoms with van der Waals surface area (Å²) in [5, 5.41) is 161. The minimum atomic E-state index is -2.31. The van der Waals surface area contributed by atoms with Crippen molar-refractivity contribution in [2.24, 2.45) is 23.3 Å². The van der Waals surface area contributed by atoms with Crippen LogP contribution in [0.3, 0.4) is 0 Å². The molecule has 3 fully saturated rings. The maximum atomic E-state index is 16.4. The number of hydrogen-bond acceptors (Lipinski definition) is 31. The molecule has 6 amide bonds. The lowest BCUT2D eigenvalue weighted by molar-refractivity contribution is -0.333. The van der Waals surface area contributed by atoms with Gasteiger partial charge < -0.3 is 148 Å². The van der Waals surface area contributed by atoms with Crippen LogP contribution in [-0.2, 0) is 62.0 Å². The summed E-state index contributed by atoms with van der Waals surface area (Å²) in [6.45, 7) is 3.75. The zero-order valence-corrected chi connectivity index (χ0v) is 63.9. The SMILES string of the molecule is CN[C@H](CC(C)C)C(=O)N[C@H]1C(=O)C[C@@H](CC(N)=O)C(=O)N[C@H]2C(=O)C[C@H]3C(=O)N[C@H](C(=O)N[C@H](C(=O)NCCOC4OC(CO)C(O)C(O)C4O)c4cc(O)cc(O)c4-c4cc3ccc4O)[C@H](O)c3ccc(c(Cl)c3)Oc3cc2cc(c3O[C@H]2OC(CO)[C@H](O)C(O)C2O[C@H]2C[C@@](C)(N)[C@H](O)C(C)O2)Oc2ccc(cc2Cl)[C@H]1O. The second kappa shape index (κ2) is 36.2.